The summed E-state index contributed by atoms with van der Waals surface area (Å²) in [6.45, 7) is 3.66. The van der Waals surface area contributed by atoms with Gasteiger partial charge in [0.05, 0.1) is 6.04 Å². The first-order valence-electron chi connectivity index (χ1n) is 4.17. The minimum Gasteiger partial charge on any atom is -0.409 e. The molecule has 0 rings (SSSR count). The molecule has 0 aliphatic carbocycles. The van der Waals surface area contributed by atoms with E-state index in [1.807, 2.05) is 6.92 Å². The van der Waals surface area contributed by atoms with Crippen molar-refractivity contribution >= 4 is 16.0 Å². The van der Waals surface area contributed by atoms with Crippen LogP contribution in [0.2, 0.25) is 0 Å². The highest BCUT2D eigenvalue weighted by Gasteiger charge is 2.15. The number of rotatable bonds is 6. The fourth-order valence-electron chi connectivity index (χ4n) is 0.658. The predicted octanol–water partition coefficient (Wildman–Crippen LogP) is -1.04. The minimum absolute atomic E-state index is 0.188. The van der Waals surface area contributed by atoms with E-state index in [-0.39, 0.29) is 5.84 Å². The number of nitrogens with zero attached hydrogens (tertiary/aromatic N) is 1. The number of amidine groups is 1. The zero-order valence-electron chi connectivity index (χ0n) is 8.19. The van der Waals surface area contributed by atoms with Crippen molar-refractivity contribution in [3.05, 3.63) is 0 Å². The van der Waals surface area contributed by atoms with Crippen molar-refractivity contribution in [2.45, 2.75) is 26.3 Å². The Morgan fingerprint density at radius 1 is 1.64 bits per heavy atom. The lowest BCUT2D eigenvalue weighted by atomic mass is 10.3. The number of nitrogens with two attached hydrogens (primary N) is 1. The van der Waals surface area contributed by atoms with Crippen molar-refractivity contribution in [1.29, 1.82) is 0 Å². The molecule has 0 bridgehead atoms. The van der Waals surface area contributed by atoms with Crippen LogP contribution in [-0.2, 0) is 10.2 Å². The smallest absolute Gasteiger partial charge is 0.277 e. The molecule has 0 radical (unpaired) electrons. The lowest BCUT2D eigenvalue weighted by Crippen LogP contribution is -2.47. The molecule has 0 fully saturated rings. The summed E-state index contributed by atoms with van der Waals surface area (Å²) in [4.78, 5) is 0. The van der Waals surface area contributed by atoms with E-state index in [4.69, 9.17) is 10.9 Å². The van der Waals surface area contributed by atoms with Crippen LogP contribution in [-0.4, -0.2) is 32.0 Å². The third-order valence-electron chi connectivity index (χ3n) is 1.43. The summed E-state index contributed by atoms with van der Waals surface area (Å²) in [6, 6.07) is -0.741. The molecule has 1 unspecified atom stereocenters. The van der Waals surface area contributed by atoms with E-state index in [1.54, 1.807) is 0 Å². The molecule has 0 amide bonds. The largest absolute Gasteiger partial charge is 0.409 e. The third-order valence-corrected chi connectivity index (χ3v) is 2.68. The van der Waals surface area contributed by atoms with Gasteiger partial charge >= 0.3 is 0 Å². The number of hydrogen-bond acceptors (Lipinski definition) is 4. The predicted molar refractivity (Wildman–Crippen MR) is 53.2 cm³/mol. The molecule has 0 saturated carbocycles. The second kappa shape index (κ2) is 5.78. The summed E-state index contributed by atoms with van der Waals surface area (Å²) in [5, 5.41) is 11.0. The van der Waals surface area contributed by atoms with Gasteiger partial charge in [-0.25, -0.2) is 4.72 Å². The van der Waals surface area contributed by atoms with Gasteiger partial charge in [-0.05, 0) is 13.3 Å². The fourth-order valence-corrected chi connectivity index (χ4v) is 1.80. The first kappa shape index (κ1) is 13.1. The summed E-state index contributed by atoms with van der Waals surface area (Å²) >= 11 is 0. The average Bonchev–Trinajstić information content (AvgIpc) is 2.12. The summed E-state index contributed by atoms with van der Waals surface area (Å²) in [6.07, 6.45) is 0.693. The van der Waals surface area contributed by atoms with Gasteiger partial charge in [0.2, 0.25) is 0 Å². The van der Waals surface area contributed by atoms with Crippen molar-refractivity contribution in [3.63, 3.8) is 0 Å². The van der Waals surface area contributed by atoms with Crippen molar-refractivity contribution < 1.29 is 13.6 Å². The van der Waals surface area contributed by atoms with Crippen LogP contribution in [0.15, 0.2) is 5.16 Å². The summed E-state index contributed by atoms with van der Waals surface area (Å²) in [5.74, 6) is -0.188. The number of oxime groups is 1. The Morgan fingerprint density at radius 3 is 2.64 bits per heavy atom. The van der Waals surface area contributed by atoms with E-state index < -0.39 is 16.3 Å². The Hall–Kier alpha value is -0.860. The van der Waals surface area contributed by atoms with E-state index in [2.05, 4.69) is 14.6 Å². The molecule has 0 aromatic carbocycles. The van der Waals surface area contributed by atoms with Gasteiger partial charge in [0.15, 0.2) is 5.84 Å². The maximum absolute atomic E-state index is 11.2. The van der Waals surface area contributed by atoms with Crippen molar-refractivity contribution in [1.82, 2.24) is 9.44 Å². The van der Waals surface area contributed by atoms with Gasteiger partial charge in [0.1, 0.15) is 0 Å². The van der Waals surface area contributed by atoms with Crippen LogP contribution >= 0.6 is 0 Å². The van der Waals surface area contributed by atoms with Crippen LogP contribution in [0.4, 0.5) is 0 Å². The van der Waals surface area contributed by atoms with Gasteiger partial charge in [-0.3, -0.25) is 0 Å². The Labute approximate surface area is 83.5 Å². The summed E-state index contributed by atoms with van der Waals surface area (Å²) < 4.78 is 26.9. The van der Waals surface area contributed by atoms with Crippen LogP contribution < -0.4 is 15.2 Å². The molecule has 7 nitrogen and oxygen atoms in total. The molecule has 8 heteroatoms. The molecule has 0 aromatic rings. The standard InChI is InChI=1S/C6H16N4O3S/c1-3-4-8-14(12,13)10-5(2)6(7)9-11/h5,8,10-11H,3-4H2,1-2H3,(H2,7,9). The number of hydrogen-bond donors (Lipinski definition) is 4. The van der Waals surface area contributed by atoms with Crippen molar-refractivity contribution in [2.24, 2.45) is 10.9 Å². The fraction of sp³-hybridized carbons (Fsp3) is 0.833. The van der Waals surface area contributed by atoms with Gasteiger partial charge in [-0.1, -0.05) is 12.1 Å². The molecule has 0 heterocycles. The van der Waals surface area contributed by atoms with E-state index in [0.717, 1.165) is 0 Å². The quantitative estimate of drug-likeness (QED) is 0.199. The maximum Gasteiger partial charge on any atom is 0.277 e. The van der Waals surface area contributed by atoms with E-state index >= 15 is 0 Å². The van der Waals surface area contributed by atoms with Crippen LogP contribution in [0.3, 0.4) is 0 Å². The van der Waals surface area contributed by atoms with E-state index in [9.17, 15) is 8.42 Å². The first-order valence-corrected chi connectivity index (χ1v) is 5.65. The van der Waals surface area contributed by atoms with Crippen LogP contribution in [0.1, 0.15) is 20.3 Å². The Balaban J connectivity index is 4.23. The Kier molecular flexibility index (Phi) is 5.43. The van der Waals surface area contributed by atoms with Gasteiger partial charge in [-0.15, -0.1) is 0 Å². The third kappa shape index (κ3) is 5.00. The minimum atomic E-state index is -3.57. The highest BCUT2D eigenvalue weighted by molar-refractivity contribution is 7.87. The second-order valence-electron chi connectivity index (χ2n) is 2.76. The molecule has 1 atom stereocenters. The Morgan fingerprint density at radius 2 is 2.21 bits per heavy atom. The molecule has 0 aliphatic heterocycles. The zero-order chi connectivity index (χ0) is 11.2. The first-order chi connectivity index (χ1) is 6.43. The molecule has 14 heavy (non-hydrogen) atoms. The van der Waals surface area contributed by atoms with Crippen LogP contribution in [0.5, 0.6) is 0 Å². The molecule has 0 saturated heterocycles. The topological polar surface area (TPSA) is 117 Å². The van der Waals surface area contributed by atoms with Gasteiger partial charge < -0.3 is 10.9 Å². The molecular formula is C6H16N4O3S. The van der Waals surface area contributed by atoms with Crippen LogP contribution in [0, 0.1) is 0 Å². The number of nitrogens with one attached hydrogen (secondary N) is 2. The summed E-state index contributed by atoms with van der Waals surface area (Å²) in [7, 11) is -3.57. The monoisotopic (exact) mass is 224 g/mol. The average molecular weight is 224 g/mol. The van der Waals surface area contributed by atoms with Gasteiger partial charge in [0, 0.05) is 6.54 Å². The second-order valence-corrected chi connectivity index (χ2v) is 4.29. The normalized spacial score (nSPS) is 15.4. The molecule has 0 spiro atoms. The maximum atomic E-state index is 11.2. The lowest BCUT2D eigenvalue weighted by molar-refractivity contribution is 0.316. The molecule has 84 valence electrons. The molecule has 5 N–H and O–H groups in total. The van der Waals surface area contributed by atoms with Crippen molar-refractivity contribution in [3.8, 4) is 0 Å². The highest BCUT2D eigenvalue weighted by atomic mass is 32.2. The highest BCUT2D eigenvalue weighted by Crippen LogP contribution is 1.86. The van der Waals surface area contributed by atoms with E-state index in [0.29, 0.717) is 13.0 Å². The lowest BCUT2D eigenvalue weighted by Gasteiger charge is -2.12. The van der Waals surface area contributed by atoms with Gasteiger partial charge in [0.25, 0.3) is 10.2 Å². The van der Waals surface area contributed by atoms with Gasteiger partial charge in [-0.2, -0.15) is 13.1 Å². The zero-order valence-corrected chi connectivity index (χ0v) is 9.00. The molecule has 0 aromatic heterocycles. The van der Waals surface area contributed by atoms with Crippen LogP contribution in [0.25, 0.3) is 0 Å². The molecule has 0 aliphatic rings. The summed E-state index contributed by atoms with van der Waals surface area (Å²) in [5.41, 5.74) is 5.20. The van der Waals surface area contributed by atoms with E-state index in [1.165, 1.54) is 6.92 Å². The Bertz CT molecular complexity index is 287. The SMILES string of the molecule is CCCNS(=O)(=O)NC(C)C(N)=NO. The molecular weight excluding hydrogens is 208 g/mol. The van der Waals surface area contributed by atoms with Crippen molar-refractivity contribution in [2.75, 3.05) is 6.54 Å².